The van der Waals surface area contributed by atoms with Gasteiger partial charge in [-0.15, -0.1) is 0 Å². The fraction of sp³-hybridized carbons (Fsp3) is 0.609. The van der Waals surface area contributed by atoms with Crippen molar-refractivity contribution in [2.75, 3.05) is 0 Å². The van der Waals surface area contributed by atoms with Crippen molar-refractivity contribution in [2.45, 2.75) is 83.7 Å². The van der Waals surface area contributed by atoms with Crippen LogP contribution in [0, 0.1) is 17.2 Å². The van der Waals surface area contributed by atoms with Gasteiger partial charge in [-0.1, -0.05) is 51.0 Å². The molecule has 0 amide bonds. The van der Waals surface area contributed by atoms with E-state index in [4.69, 9.17) is 4.74 Å². The lowest BCUT2D eigenvalue weighted by atomic mass is 9.75. The van der Waals surface area contributed by atoms with Crippen molar-refractivity contribution in [3.05, 3.63) is 35.4 Å². The summed E-state index contributed by atoms with van der Waals surface area (Å²) in [6.45, 7) is 8.04. The summed E-state index contributed by atoms with van der Waals surface area (Å²) in [5.74, 6) is -0.271. The minimum Gasteiger partial charge on any atom is -0.458 e. The van der Waals surface area contributed by atoms with Gasteiger partial charge in [-0.25, -0.2) is 0 Å². The van der Waals surface area contributed by atoms with Crippen molar-refractivity contribution in [2.24, 2.45) is 5.92 Å². The number of esters is 1. The number of ether oxygens (including phenoxy) is 1. The molecule has 1 heterocycles. The molecule has 0 bridgehead atoms. The lowest BCUT2D eigenvalue weighted by Gasteiger charge is -2.41. The third-order valence-electron chi connectivity index (χ3n) is 5.81. The molecular weight excluding hydrogens is 338 g/mol. The maximum atomic E-state index is 12.2. The lowest BCUT2D eigenvalue weighted by molar-refractivity contribution is -0.178. The molecule has 0 radical (unpaired) electrons. The highest BCUT2D eigenvalue weighted by Crippen LogP contribution is 2.38. The number of nitrogens with zero attached hydrogens (tertiary/aromatic N) is 1. The van der Waals surface area contributed by atoms with Crippen LogP contribution in [0.3, 0.4) is 0 Å². The summed E-state index contributed by atoms with van der Waals surface area (Å²) < 4.78 is 5.83. The van der Waals surface area contributed by atoms with Gasteiger partial charge in [0.1, 0.15) is 17.8 Å². The first-order chi connectivity index (χ1) is 12.7. The van der Waals surface area contributed by atoms with Crippen LogP contribution in [0.25, 0.3) is 0 Å². The Morgan fingerprint density at radius 2 is 2.07 bits per heavy atom. The third kappa shape index (κ3) is 5.19. The molecule has 0 aliphatic carbocycles. The molecular formula is C23H31NO3. The quantitative estimate of drug-likeness (QED) is 0.483. The van der Waals surface area contributed by atoms with Gasteiger partial charge in [0, 0.05) is 6.42 Å². The number of Topliss-reactive ketones (excluding diaryl/α,β-unsaturated/α-hetero) is 1. The molecule has 1 saturated heterocycles. The molecule has 1 aliphatic heterocycles. The molecule has 27 heavy (non-hydrogen) atoms. The number of hydrogen-bond acceptors (Lipinski definition) is 4. The second kappa shape index (κ2) is 8.69. The number of benzene rings is 1. The average Bonchev–Trinajstić information content (AvgIpc) is 2.64. The van der Waals surface area contributed by atoms with Crippen LogP contribution in [0.2, 0.25) is 0 Å². The zero-order chi connectivity index (χ0) is 20.1. The summed E-state index contributed by atoms with van der Waals surface area (Å²) in [6.07, 6.45) is 4.63. The number of cyclic esters (lactones) is 1. The molecule has 0 N–H and O–H groups in total. The third-order valence-corrected chi connectivity index (χ3v) is 5.81. The number of rotatable bonds is 8. The minimum absolute atomic E-state index is 0.0195. The van der Waals surface area contributed by atoms with Gasteiger partial charge in [-0.05, 0) is 50.2 Å². The van der Waals surface area contributed by atoms with Crippen LogP contribution in [0.4, 0.5) is 0 Å². The van der Waals surface area contributed by atoms with Crippen LogP contribution in [0.15, 0.2) is 24.3 Å². The van der Waals surface area contributed by atoms with Crippen LogP contribution in [0.5, 0.6) is 0 Å². The van der Waals surface area contributed by atoms with Gasteiger partial charge in [0.05, 0.1) is 11.5 Å². The second-order valence-electron chi connectivity index (χ2n) is 8.41. The van der Waals surface area contributed by atoms with Gasteiger partial charge < -0.3 is 4.74 Å². The van der Waals surface area contributed by atoms with E-state index in [1.807, 2.05) is 32.0 Å². The first-order valence-corrected chi connectivity index (χ1v) is 9.96. The van der Waals surface area contributed by atoms with Gasteiger partial charge in [-0.3, -0.25) is 9.59 Å². The SMILES string of the molecule is CCCCC(C)C1(CCc2cccc(C(C)(C)C#N)c2)CC(=O)CC(=O)O1. The van der Waals surface area contributed by atoms with Crippen molar-refractivity contribution < 1.29 is 14.3 Å². The Morgan fingerprint density at radius 1 is 1.33 bits per heavy atom. The van der Waals surface area contributed by atoms with E-state index >= 15 is 0 Å². The minimum atomic E-state index is -0.706. The average molecular weight is 370 g/mol. The van der Waals surface area contributed by atoms with E-state index in [1.54, 1.807) is 0 Å². The number of carbonyl (C=O) groups is 2. The molecule has 1 aliphatic rings. The molecule has 1 aromatic rings. The summed E-state index contributed by atoms with van der Waals surface area (Å²) in [7, 11) is 0. The van der Waals surface area contributed by atoms with Crippen LogP contribution in [0.1, 0.15) is 77.3 Å². The predicted molar refractivity (Wildman–Crippen MR) is 105 cm³/mol. The number of unbranched alkanes of at least 4 members (excludes halogenated alkanes) is 1. The van der Waals surface area contributed by atoms with Crippen molar-refractivity contribution in [1.29, 1.82) is 5.26 Å². The zero-order valence-corrected chi connectivity index (χ0v) is 17.0. The molecule has 0 aromatic heterocycles. The first-order valence-electron chi connectivity index (χ1n) is 9.96. The molecule has 1 fully saturated rings. The van der Waals surface area contributed by atoms with E-state index in [2.05, 4.69) is 26.0 Å². The van der Waals surface area contributed by atoms with E-state index in [0.717, 1.165) is 30.4 Å². The molecule has 2 atom stereocenters. The fourth-order valence-electron chi connectivity index (χ4n) is 3.83. The highest BCUT2D eigenvalue weighted by molar-refractivity contribution is 5.98. The Morgan fingerprint density at radius 3 is 2.70 bits per heavy atom. The largest absolute Gasteiger partial charge is 0.458 e. The Bertz CT molecular complexity index is 713. The van der Waals surface area contributed by atoms with Crippen molar-refractivity contribution in [1.82, 2.24) is 0 Å². The molecule has 4 nitrogen and oxygen atoms in total. The molecule has 0 saturated carbocycles. The Hall–Kier alpha value is -2.15. The summed E-state index contributed by atoms with van der Waals surface area (Å²) >= 11 is 0. The first kappa shape index (κ1) is 21.2. The number of aryl methyl sites for hydroxylation is 1. The van der Waals surface area contributed by atoms with Crippen LogP contribution in [-0.4, -0.2) is 17.4 Å². The number of nitriles is 1. The van der Waals surface area contributed by atoms with E-state index in [1.165, 1.54) is 0 Å². The standard InChI is InChI=1S/C23H31NO3/c1-5-6-8-17(2)23(15-20(25)14-21(26)27-23)12-11-18-9-7-10-19(13-18)22(3,4)16-24/h7,9-10,13,17H,5-6,8,11-12,14-15H2,1-4H3. The van der Waals surface area contributed by atoms with Crippen LogP contribution in [-0.2, 0) is 26.2 Å². The number of hydrogen-bond donors (Lipinski definition) is 0. The topological polar surface area (TPSA) is 67.2 Å². The summed E-state index contributed by atoms with van der Waals surface area (Å²) in [6, 6.07) is 10.4. The van der Waals surface area contributed by atoms with Gasteiger partial charge in [0.2, 0.25) is 0 Å². The van der Waals surface area contributed by atoms with E-state index < -0.39 is 17.0 Å². The molecule has 0 spiro atoms. The fourth-order valence-corrected chi connectivity index (χ4v) is 3.83. The predicted octanol–water partition coefficient (Wildman–Crippen LogP) is 4.89. The maximum absolute atomic E-state index is 12.2. The molecule has 2 rings (SSSR count). The summed E-state index contributed by atoms with van der Waals surface area (Å²) in [4.78, 5) is 24.2. The smallest absolute Gasteiger partial charge is 0.313 e. The van der Waals surface area contributed by atoms with Crippen molar-refractivity contribution >= 4 is 11.8 Å². The molecule has 4 heteroatoms. The van der Waals surface area contributed by atoms with Gasteiger partial charge in [0.15, 0.2) is 0 Å². The molecule has 146 valence electrons. The van der Waals surface area contributed by atoms with Crippen LogP contribution < -0.4 is 0 Å². The Balaban J connectivity index is 2.22. The highest BCUT2D eigenvalue weighted by Gasteiger charge is 2.44. The van der Waals surface area contributed by atoms with E-state index in [0.29, 0.717) is 19.3 Å². The van der Waals surface area contributed by atoms with Gasteiger partial charge in [-0.2, -0.15) is 5.26 Å². The molecule has 1 aromatic carbocycles. The monoisotopic (exact) mass is 369 g/mol. The van der Waals surface area contributed by atoms with Crippen molar-refractivity contribution in [3.8, 4) is 6.07 Å². The Labute approximate surface area is 162 Å². The van der Waals surface area contributed by atoms with E-state index in [9.17, 15) is 14.9 Å². The second-order valence-corrected chi connectivity index (χ2v) is 8.41. The van der Waals surface area contributed by atoms with Gasteiger partial charge in [0.25, 0.3) is 0 Å². The number of ketones is 1. The van der Waals surface area contributed by atoms with Crippen molar-refractivity contribution in [3.63, 3.8) is 0 Å². The number of carbonyl (C=O) groups excluding carboxylic acids is 2. The summed E-state index contributed by atoms with van der Waals surface area (Å²) in [5.41, 5.74) is 0.830. The van der Waals surface area contributed by atoms with E-state index in [-0.39, 0.29) is 18.1 Å². The lowest BCUT2D eigenvalue weighted by Crippen LogP contribution is -2.48. The Kier molecular flexibility index (Phi) is 6.81. The van der Waals surface area contributed by atoms with Crippen LogP contribution >= 0.6 is 0 Å². The van der Waals surface area contributed by atoms with Gasteiger partial charge >= 0.3 is 5.97 Å². The maximum Gasteiger partial charge on any atom is 0.313 e. The summed E-state index contributed by atoms with van der Waals surface area (Å²) in [5, 5.41) is 9.38. The zero-order valence-electron chi connectivity index (χ0n) is 17.0. The molecule has 2 unspecified atom stereocenters. The highest BCUT2D eigenvalue weighted by atomic mass is 16.6. The normalized spacial score (nSPS) is 21.4.